The first-order valence-corrected chi connectivity index (χ1v) is 9.42. The van der Waals surface area contributed by atoms with Crippen molar-refractivity contribution in [3.8, 4) is 23.0 Å². The molecule has 0 aliphatic heterocycles. The molecule has 0 spiro atoms. The topological polar surface area (TPSA) is 36.9 Å². The Morgan fingerprint density at radius 2 is 1.00 bits per heavy atom. The minimum absolute atomic E-state index is 0.453. The van der Waals surface area contributed by atoms with Gasteiger partial charge in [0.25, 0.3) is 0 Å². The molecule has 0 N–H and O–H groups in total. The molecule has 1 rings (SSSR count). The first-order chi connectivity index (χ1) is 10.8. The number of ether oxygens (including phenoxy) is 4. The van der Waals surface area contributed by atoms with Crippen molar-refractivity contribution in [3.63, 3.8) is 0 Å². The van der Waals surface area contributed by atoms with Gasteiger partial charge in [-0.05, 0) is 0 Å². The molecule has 0 bridgehead atoms. The van der Waals surface area contributed by atoms with E-state index >= 15 is 0 Å². The van der Waals surface area contributed by atoms with Gasteiger partial charge in [0.15, 0.2) is 11.5 Å². The van der Waals surface area contributed by atoms with Crippen LogP contribution in [0.4, 0.5) is 0 Å². The summed E-state index contributed by atoms with van der Waals surface area (Å²) in [6, 6.07) is 3.57. The molecule has 1 aromatic rings. The van der Waals surface area contributed by atoms with Gasteiger partial charge in [0.05, 0.1) is 26.4 Å². The molecule has 0 aliphatic rings. The third kappa shape index (κ3) is 6.93. The molecule has 0 fully saturated rings. The molecule has 22 heavy (non-hydrogen) atoms. The van der Waals surface area contributed by atoms with Gasteiger partial charge < -0.3 is 18.9 Å². The number of benzene rings is 1. The van der Waals surface area contributed by atoms with E-state index in [4.69, 9.17) is 18.9 Å². The van der Waals surface area contributed by atoms with E-state index in [2.05, 4.69) is 50.5 Å². The number of hydrogen-bond acceptors (Lipinski definition) is 8. The molecule has 4 nitrogen and oxygen atoms in total. The Morgan fingerprint density at radius 1 is 0.591 bits per heavy atom. The normalized spacial score (nSPS) is 10.4. The average Bonchev–Trinajstić information content (AvgIpc) is 2.54. The summed E-state index contributed by atoms with van der Waals surface area (Å²) in [4.78, 5) is 0. The van der Waals surface area contributed by atoms with Crippen LogP contribution in [0.15, 0.2) is 12.1 Å². The highest BCUT2D eigenvalue weighted by molar-refractivity contribution is 7.80. The molecule has 0 atom stereocenters. The summed E-state index contributed by atoms with van der Waals surface area (Å²) >= 11 is 16.6. The van der Waals surface area contributed by atoms with E-state index in [-0.39, 0.29) is 0 Å². The van der Waals surface area contributed by atoms with Crippen LogP contribution < -0.4 is 18.9 Å². The fourth-order valence-electron chi connectivity index (χ4n) is 1.62. The molecular formula is C14H22O4S4. The fraction of sp³-hybridized carbons (Fsp3) is 0.571. The van der Waals surface area contributed by atoms with Crippen LogP contribution in [-0.2, 0) is 0 Å². The summed E-state index contributed by atoms with van der Waals surface area (Å²) in [6.45, 7) is 1.87. The average molecular weight is 383 g/mol. The Morgan fingerprint density at radius 3 is 1.45 bits per heavy atom. The molecule has 0 saturated carbocycles. The van der Waals surface area contributed by atoms with Gasteiger partial charge in [-0.2, -0.15) is 50.5 Å². The van der Waals surface area contributed by atoms with E-state index in [1.54, 1.807) is 12.1 Å². The summed E-state index contributed by atoms with van der Waals surface area (Å²) in [5.41, 5.74) is 0. The van der Waals surface area contributed by atoms with Gasteiger partial charge >= 0.3 is 0 Å². The van der Waals surface area contributed by atoms with Crippen molar-refractivity contribution in [1.82, 2.24) is 0 Å². The van der Waals surface area contributed by atoms with Crippen molar-refractivity contribution in [2.75, 3.05) is 49.4 Å². The van der Waals surface area contributed by atoms with Crippen LogP contribution in [0, 0.1) is 0 Å². The van der Waals surface area contributed by atoms with Crippen molar-refractivity contribution < 1.29 is 18.9 Å². The number of thiol groups is 4. The molecule has 0 amide bonds. The van der Waals surface area contributed by atoms with E-state index in [1.165, 1.54) is 0 Å². The van der Waals surface area contributed by atoms with Crippen molar-refractivity contribution in [2.24, 2.45) is 0 Å². The third-order valence-corrected chi connectivity index (χ3v) is 3.12. The molecule has 0 heterocycles. The van der Waals surface area contributed by atoms with Gasteiger partial charge in [-0.1, -0.05) is 0 Å². The van der Waals surface area contributed by atoms with Crippen molar-refractivity contribution in [2.45, 2.75) is 0 Å². The number of hydrogen-bond donors (Lipinski definition) is 4. The fourth-order valence-corrected chi connectivity index (χ4v) is 1.98. The third-order valence-electron chi connectivity index (χ3n) is 2.39. The standard InChI is InChI=1S/C14H22O4S4/c19-5-1-15-11-9-12(16-2-6-20)14(18-4-8-22)13(10-11)17-3-7-21/h9-10,19-22H,1-8H2. The Balaban J connectivity index is 3.07. The summed E-state index contributed by atoms with van der Waals surface area (Å²) in [5, 5.41) is 0. The minimum Gasteiger partial charge on any atom is -0.492 e. The zero-order chi connectivity index (χ0) is 16.2. The summed E-state index contributed by atoms with van der Waals surface area (Å²) < 4.78 is 22.7. The highest BCUT2D eigenvalue weighted by Gasteiger charge is 2.16. The van der Waals surface area contributed by atoms with Crippen LogP contribution in [0.5, 0.6) is 23.0 Å². The van der Waals surface area contributed by atoms with Gasteiger partial charge in [-0.3, -0.25) is 0 Å². The minimum atomic E-state index is 0.453. The Hall–Kier alpha value is -0.180. The molecular weight excluding hydrogens is 360 g/mol. The first-order valence-electron chi connectivity index (χ1n) is 6.89. The predicted molar refractivity (Wildman–Crippen MR) is 104 cm³/mol. The summed E-state index contributed by atoms with van der Waals surface area (Å²) in [5.74, 6) is 4.75. The van der Waals surface area contributed by atoms with Crippen molar-refractivity contribution in [3.05, 3.63) is 12.1 Å². The molecule has 8 heteroatoms. The Kier molecular flexibility index (Phi) is 11.1. The van der Waals surface area contributed by atoms with E-state index in [1.807, 2.05) is 0 Å². The molecule has 1 aromatic carbocycles. The zero-order valence-electron chi connectivity index (χ0n) is 12.2. The van der Waals surface area contributed by atoms with Gasteiger partial charge in [0, 0.05) is 35.1 Å². The zero-order valence-corrected chi connectivity index (χ0v) is 15.8. The monoisotopic (exact) mass is 382 g/mol. The summed E-state index contributed by atoms with van der Waals surface area (Å²) in [7, 11) is 0. The van der Waals surface area contributed by atoms with Crippen LogP contribution in [0.2, 0.25) is 0 Å². The molecule has 0 aromatic heterocycles. The van der Waals surface area contributed by atoms with E-state index in [9.17, 15) is 0 Å². The van der Waals surface area contributed by atoms with Crippen LogP contribution in [0.3, 0.4) is 0 Å². The molecule has 126 valence electrons. The second kappa shape index (κ2) is 12.3. The Bertz CT molecular complexity index is 402. The van der Waals surface area contributed by atoms with Gasteiger partial charge in [-0.25, -0.2) is 0 Å². The lowest BCUT2D eigenvalue weighted by Crippen LogP contribution is -2.08. The maximum Gasteiger partial charge on any atom is 0.203 e. The van der Waals surface area contributed by atoms with E-state index in [0.29, 0.717) is 72.4 Å². The van der Waals surface area contributed by atoms with Crippen molar-refractivity contribution >= 4 is 50.5 Å². The Labute approximate surface area is 153 Å². The lowest BCUT2D eigenvalue weighted by atomic mass is 10.2. The highest BCUT2D eigenvalue weighted by Crippen LogP contribution is 2.41. The number of rotatable bonds is 12. The lowest BCUT2D eigenvalue weighted by molar-refractivity contribution is 0.259. The lowest BCUT2D eigenvalue weighted by Gasteiger charge is -2.18. The predicted octanol–water partition coefficient (Wildman–Crippen LogP) is 2.92. The summed E-state index contributed by atoms with van der Waals surface area (Å²) in [6.07, 6.45) is 0. The van der Waals surface area contributed by atoms with E-state index in [0.717, 1.165) is 0 Å². The van der Waals surface area contributed by atoms with Gasteiger partial charge in [0.2, 0.25) is 5.75 Å². The molecule has 0 saturated heterocycles. The highest BCUT2D eigenvalue weighted by atomic mass is 32.1. The smallest absolute Gasteiger partial charge is 0.203 e. The van der Waals surface area contributed by atoms with Crippen LogP contribution in [-0.4, -0.2) is 49.4 Å². The van der Waals surface area contributed by atoms with Gasteiger partial charge in [0.1, 0.15) is 5.75 Å². The first kappa shape index (κ1) is 19.9. The second-order valence-corrected chi connectivity index (χ2v) is 5.83. The quantitative estimate of drug-likeness (QED) is 0.419. The van der Waals surface area contributed by atoms with Crippen LogP contribution >= 0.6 is 50.5 Å². The molecule has 0 radical (unpaired) electrons. The largest absolute Gasteiger partial charge is 0.492 e. The maximum atomic E-state index is 5.72. The SMILES string of the molecule is SCCOc1cc(OCCS)c(OCCS)c(OCCS)c1. The molecule has 0 unspecified atom stereocenters. The maximum absolute atomic E-state index is 5.72. The van der Waals surface area contributed by atoms with Crippen LogP contribution in [0.25, 0.3) is 0 Å². The molecule has 0 aliphatic carbocycles. The van der Waals surface area contributed by atoms with Crippen LogP contribution in [0.1, 0.15) is 0 Å². The second-order valence-electron chi connectivity index (χ2n) is 4.04. The van der Waals surface area contributed by atoms with Gasteiger partial charge in [-0.15, -0.1) is 0 Å². The van der Waals surface area contributed by atoms with Crippen molar-refractivity contribution in [1.29, 1.82) is 0 Å². The van der Waals surface area contributed by atoms with E-state index < -0.39 is 0 Å².